The van der Waals surface area contributed by atoms with Crippen LogP contribution in [-0.2, 0) is 9.59 Å². The van der Waals surface area contributed by atoms with Gasteiger partial charge in [0.1, 0.15) is 22.9 Å². The number of nitrogens with zero attached hydrogens (tertiary/aromatic N) is 3. The number of aromatic nitrogens is 1. The van der Waals surface area contributed by atoms with Gasteiger partial charge in [0, 0.05) is 17.5 Å². The zero-order chi connectivity index (χ0) is 15.7. The number of β-lactam (4-membered cyclic amide) rings is 1. The number of nitrogens with one attached hydrogen (secondary N) is 1. The van der Waals surface area contributed by atoms with E-state index in [0.717, 1.165) is 0 Å². The molecule has 0 spiro atoms. The lowest BCUT2D eigenvalue weighted by molar-refractivity contribution is -0.147. The molecule has 1 unspecified atom stereocenters. The number of hydrogen-bond acceptors (Lipinski definition) is 7. The second kappa shape index (κ2) is 5.78. The molecule has 0 saturated carbocycles. The van der Waals surface area contributed by atoms with E-state index in [2.05, 4.69) is 15.5 Å². The zero-order valence-corrected chi connectivity index (χ0v) is 12.2. The second-order valence-corrected chi connectivity index (χ2v) is 5.80. The zero-order valence-electron chi connectivity index (χ0n) is 11.3. The summed E-state index contributed by atoms with van der Waals surface area (Å²) >= 11 is 1.42. The van der Waals surface area contributed by atoms with E-state index in [9.17, 15) is 14.7 Å². The number of carboxylic acids is 1. The maximum absolute atomic E-state index is 11.8. The summed E-state index contributed by atoms with van der Waals surface area (Å²) in [7, 11) is 0. The van der Waals surface area contributed by atoms with Crippen molar-refractivity contribution in [1.82, 2.24) is 9.88 Å². The molecule has 8 nitrogen and oxygen atoms in total. The SMILES string of the molecule is NC1C(=O)N2C(C(=O)O)=C(C=NNc3ccccn3)CS[C@H]12. The summed E-state index contributed by atoms with van der Waals surface area (Å²) in [6.07, 6.45) is 3.01. The van der Waals surface area contributed by atoms with Gasteiger partial charge in [-0.05, 0) is 12.1 Å². The van der Waals surface area contributed by atoms with Crippen molar-refractivity contribution in [3.8, 4) is 0 Å². The van der Waals surface area contributed by atoms with Gasteiger partial charge >= 0.3 is 5.97 Å². The molecule has 3 heterocycles. The average Bonchev–Trinajstić information content (AvgIpc) is 2.54. The van der Waals surface area contributed by atoms with Crippen molar-refractivity contribution in [3.63, 3.8) is 0 Å². The number of carbonyl (C=O) groups excluding carboxylic acids is 1. The number of carboxylic acid groups (broad SMARTS) is 1. The fourth-order valence-corrected chi connectivity index (χ4v) is 3.49. The van der Waals surface area contributed by atoms with E-state index in [-0.39, 0.29) is 17.0 Å². The van der Waals surface area contributed by atoms with Crippen LogP contribution < -0.4 is 11.2 Å². The number of rotatable bonds is 4. The number of fused-ring (bicyclic) bond motifs is 1. The third-order valence-corrected chi connectivity index (χ3v) is 4.63. The third-order valence-electron chi connectivity index (χ3n) is 3.31. The summed E-state index contributed by atoms with van der Waals surface area (Å²) in [4.78, 5) is 28.5. The fourth-order valence-electron chi connectivity index (χ4n) is 2.24. The van der Waals surface area contributed by atoms with Gasteiger partial charge < -0.3 is 10.8 Å². The molecule has 114 valence electrons. The van der Waals surface area contributed by atoms with Gasteiger partial charge in [-0.3, -0.25) is 15.1 Å². The summed E-state index contributed by atoms with van der Waals surface area (Å²) in [5, 5.41) is 13.0. The minimum absolute atomic E-state index is 0.0537. The highest BCUT2D eigenvalue weighted by Gasteiger charge is 2.51. The van der Waals surface area contributed by atoms with Gasteiger partial charge in [-0.1, -0.05) is 6.07 Å². The number of pyridine rings is 1. The van der Waals surface area contributed by atoms with E-state index < -0.39 is 12.0 Å². The van der Waals surface area contributed by atoms with Crippen molar-refractivity contribution in [3.05, 3.63) is 35.7 Å². The van der Waals surface area contributed by atoms with E-state index in [1.807, 2.05) is 0 Å². The fraction of sp³-hybridized carbons (Fsp3) is 0.231. The molecule has 1 saturated heterocycles. The van der Waals surface area contributed by atoms with E-state index in [1.54, 1.807) is 24.4 Å². The highest BCUT2D eigenvalue weighted by atomic mass is 32.2. The largest absolute Gasteiger partial charge is 0.477 e. The molecule has 4 N–H and O–H groups in total. The Kier molecular flexibility index (Phi) is 3.82. The first-order valence-electron chi connectivity index (χ1n) is 6.46. The lowest BCUT2D eigenvalue weighted by atomic mass is 10.0. The van der Waals surface area contributed by atoms with E-state index in [0.29, 0.717) is 17.1 Å². The standard InChI is InChI=1S/C13H13N5O3S/c14-9-11(19)18-10(13(20)21)7(6-22-12(9)18)5-16-17-8-3-1-2-4-15-8/h1-5,9,12H,6,14H2,(H,15,17)(H,20,21)/t9?,12-/m1/s1. The quantitative estimate of drug-likeness (QED) is 0.407. The third kappa shape index (κ3) is 2.44. The number of hydrogen-bond donors (Lipinski definition) is 3. The normalized spacial score (nSPS) is 24.2. The van der Waals surface area contributed by atoms with Crippen LogP contribution in [0.2, 0.25) is 0 Å². The van der Waals surface area contributed by atoms with Crippen LogP contribution in [0.3, 0.4) is 0 Å². The molecule has 0 radical (unpaired) electrons. The van der Waals surface area contributed by atoms with Crippen molar-refractivity contribution in [1.29, 1.82) is 0 Å². The summed E-state index contributed by atoms with van der Waals surface area (Å²) in [5.74, 6) is -0.570. The monoisotopic (exact) mass is 319 g/mol. The van der Waals surface area contributed by atoms with Crippen LogP contribution in [0, 0.1) is 0 Å². The van der Waals surface area contributed by atoms with Gasteiger partial charge in [0.25, 0.3) is 0 Å². The van der Waals surface area contributed by atoms with Crippen LogP contribution in [0.1, 0.15) is 0 Å². The Hall–Kier alpha value is -2.39. The van der Waals surface area contributed by atoms with E-state index >= 15 is 0 Å². The second-order valence-electron chi connectivity index (χ2n) is 4.70. The van der Waals surface area contributed by atoms with Gasteiger partial charge in [-0.15, -0.1) is 11.8 Å². The Morgan fingerprint density at radius 3 is 3.09 bits per heavy atom. The number of carbonyl (C=O) groups is 2. The van der Waals surface area contributed by atoms with E-state index in [4.69, 9.17) is 5.73 Å². The van der Waals surface area contributed by atoms with Gasteiger partial charge in [-0.25, -0.2) is 9.78 Å². The van der Waals surface area contributed by atoms with Crippen LogP contribution in [0.4, 0.5) is 5.82 Å². The molecule has 22 heavy (non-hydrogen) atoms. The van der Waals surface area contributed by atoms with Gasteiger partial charge in [0.05, 0.1) is 6.21 Å². The molecule has 2 atom stereocenters. The molecular weight excluding hydrogens is 306 g/mol. The molecule has 2 aliphatic heterocycles. The number of anilines is 1. The Morgan fingerprint density at radius 2 is 2.41 bits per heavy atom. The summed E-state index contributed by atoms with van der Waals surface area (Å²) in [6, 6.07) is 4.67. The molecule has 0 aromatic carbocycles. The lowest BCUT2D eigenvalue weighted by Crippen LogP contribution is -2.68. The molecule has 1 fully saturated rings. The minimum Gasteiger partial charge on any atom is -0.477 e. The van der Waals surface area contributed by atoms with Crippen LogP contribution in [0.15, 0.2) is 40.8 Å². The molecule has 1 aromatic rings. The van der Waals surface area contributed by atoms with Crippen LogP contribution >= 0.6 is 11.8 Å². The molecule has 0 bridgehead atoms. The number of thioether (sulfide) groups is 1. The number of nitrogens with two attached hydrogens (primary N) is 1. The predicted molar refractivity (Wildman–Crippen MR) is 82.1 cm³/mol. The molecule has 3 rings (SSSR count). The van der Waals surface area contributed by atoms with Crippen LogP contribution in [0.5, 0.6) is 0 Å². The Labute approximate surface area is 130 Å². The van der Waals surface area contributed by atoms with Crippen LogP contribution in [0.25, 0.3) is 0 Å². The molecule has 9 heteroatoms. The molecule has 1 aromatic heterocycles. The highest BCUT2D eigenvalue weighted by molar-refractivity contribution is 8.00. The molecular formula is C13H13N5O3S. The number of aliphatic carboxylic acids is 1. The molecule has 0 aliphatic carbocycles. The van der Waals surface area contributed by atoms with Crippen molar-refractivity contribution in [2.24, 2.45) is 10.8 Å². The summed E-state index contributed by atoms with van der Waals surface area (Å²) in [6.45, 7) is 0. The molecule has 2 aliphatic rings. The first kappa shape index (κ1) is 14.5. The molecule has 1 amide bonds. The van der Waals surface area contributed by atoms with E-state index in [1.165, 1.54) is 22.9 Å². The predicted octanol–water partition coefficient (Wildman–Crippen LogP) is 0.0604. The average molecular weight is 319 g/mol. The topological polar surface area (TPSA) is 121 Å². The Balaban J connectivity index is 1.81. The highest BCUT2D eigenvalue weighted by Crippen LogP contribution is 2.38. The number of hydrazone groups is 1. The van der Waals surface area contributed by atoms with Crippen molar-refractivity contribution in [2.45, 2.75) is 11.4 Å². The Bertz CT molecular complexity index is 676. The lowest BCUT2D eigenvalue weighted by Gasteiger charge is -2.47. The van der Waals surface area contributed by atoms with Gasteiger partial charge in [0.2, 0.25) is 5.91 Å². The van der Waals surface area contributed by atoms with Crippen LogP contribution in [-0.4, -0.2) is 50.3 Å². The van der Waals surface area contributed by atoms with Crippen molar-refractivity contribution >= 4 is 35.7 Å². The maximum atomic E-state index is 11.8. The minimum atomic E-state index is -1.16. The van der Waals surface area contributed by atoms with Gasteiger partial charge in [-0.2, -0.15) is 5.10 Å². The van der Waals surface area contributed by atoms with Gasteiger partial charge in [0.15, 0.2) is 0 Å². The van der Waals surface area contributed by atoms with Crippen molar-refractivity contribution < 1.29 is 14.7 Å². The first-order chi connectivity index (χ1) is 10.6. The first-order valence-corrected chi connectivity index (χ1v) is 7.51. The Morgan fingerprint density at radius 1 is 1.59 bits per heavy atom. The maximum Gasteiger partial charge on any atom is 0.353 e. The number of amides is 1. The smallest absolute Gasteiger partial charge is 0.353 e. The summed E-state index contributed by atoms with van der Waals surface area (Å²) in [5.41, 5.74) is 8.79. The van der Waals surface area contributed by atoms with Crippen molar-refractivity contribution in [2.75, 3.05) is 11.2 Å². The summed E-state index contributed by atoms with van der Waals surface area (Å²) < 4.78 is 0.